The zero-order valence-corrected chi connectivity index (χ0v) is 20.3. The lowest BCUT2D eigenvalue weighted by Gasteiger charge is -2.14. The molecule has 0 bridgehead atoms. The molecule has 0 heterocycles. The van der Waals surface area contributed by atoms with Gasteiger partial charge in [-0.2, -0.15) is 0 Å². The SMILES string of the molecule is Cc1cc(C)c(C(=O)[PH](=O)c2c(Br)ccc(C(=O)c3ccccc3)c2Br)c(C)c1. The number of ketones is 1. The second kappa shape index (κ2) is 8.91. The highest BCUT2D eigenvalue weighted by Crippen LogP contribution is 2.37. The van der Waals surface area contributed by atoms with Crippen LogP contribution in [0, 0.1) is 20.8 Å². The quantitative estimate of drug-likeness (QED) is 0.282. The van der Waals surface area contributed by atoms with Gasteiger partial charge in [0, 0.05) is 30.9 Å². The van der Waals surface area contributed by atoms with Crippen molar-refractivity contribution in [1.82, 2.24) is 0 Å². The summed E-state index contributed by atoms with van der Waals surface area (Å²) in [6.45, 7) is 5.66. The van der Waals surface area contributed by atoms with Crippen LogP contribution in [0.15, 0.2) is 63.5 Å². The Morgan fingerprint density at radius 1 is 0.862 bits per heavy atom. The third-order valence-electron chi connectivity index (χ3n) is 4.71. The summed E-state index contributed by atoms with van der Waals surface area (Å²) in [7, 11) is -2.89. The van der Waals surface area contributed by atoms with Crippen molar-refractivity contribution in [2.45, 2.75) is 20.8 Å². The average Bonchev–Trinajstić information content (AvgIpc) is 2.67. The van der Waals surface area contributed by atoms with Gasteiger partial charge in [0.15, 0.2) is 13.6 Å². The summed E-state index contributed by atoms with van der Waals surface area (Å²) in [5.41, 5.74) is 3.63. The van der Waals surface area contributed by atoms with Gasteiger partial charge in [-0.1, -0.05) is 48.0 Å². The van der Waals surface area contributed by atoms with Crippen molar-refractivity contribution in [2.75, 3.05) is 0 Å². The lowest BCUT2D eigenvalue weighted by molar-refractivity contribution is 0.103. The van der Waals surface area contributed by atoms with E-state index in [1.54, 1.807) is 36.4 Å². The summed E-state index contributed by atoms with van der Waals surface area (Å²) in [6.07, 6.45) is 0. The Morgan fingerprint density at radius 2 is 1.45 bits per heavy atom. The van der Waals surface area contributed by atoms with Gasteiger partial charge in [-0.05, 0) is 75.9 Å². The standard InChI is InChI=1S/C23H19Br2O3P/c1-13-11-14(2)19(15(3)12-13)23(27)29(28)22-18(24)10-9-17(20(22)25)21(26)16-7-5-4-6-8-16/h4-12,29H,1-3H3. The Kier molecular flexibility index (Phi) is 6.72. The number of carbonyl (C=O) groups excluding carboxylic acids is 2. The van der Waals surface area contributed by atoms with Gasteiger partial charge in [-0.15, -0.1) is 0 Å². The number of aryl methyl sites for hydroxylation is 3. The lowest BCUT2D eigenvalue weighted by Crippen LogP contribution is -2.14. The highest BCUT2D eigenvalue weighted by molar-refractivity contribution is 9.11. The first-order valence-electron chi connectivity index (χ1n) is 8.97. The summed E-state index contributed by atoms with van der Waals surface area (Å²) in [4.78, 5) is 26.1. The minimum Gasteiger partial charge on any atom is -0.313 e. The van der Waals surface area contributed by atoms with Crippen molar-refractivity contribution < 1.29 is 14.2 Å². The molecule has 1 atom stereocenters. The summed E-state index contributed by atoms with van der Waals surface area (Å²) >= 11 is 6.85. The second-order valence-corrected chi connectivity index (χ2v) is 10.2. The third-order valence-corrected chi connectivity index (χ3v) is 8.56. The van der Waals surface area contributed by atoms with E-state index in [1.165, 1.54) is 0 Å². The minimum atomic E-state index is -2.89. The summed E-state index contributed by atoms with van der Waals surface area (Å²) in [6, 6.07) is 16.0. The van der Waals surface area contributed by atoms with E-state index in [0.717, 1.165) is 16.7 Å². The molecule has 0 spiro atoms. The average molecular weight is 534 g/mol. The highest BCUT2D eigenvalue weighted by Gasteiger charge is 2.26. The van der Waals surface area contributed by atoms with Crippen LogP contribution in [0.5, 0.6) is 0 Å². The van der Waals surface area contributed by atoms with Crippen molar-refractivity contribution in [2.24, 2.45) is 0 Å². The molecule has 3 aromatic rings. The van der Waals surface area contributed by atoms with Gasteiger partial charge in [-0.25, -0.2) is 0 Å². The van der Waals surface area contributed by atoms with E-state index in [0.29, 0.717) is 30.9 Å². The topological polar surface area (TPSA) is 51.2 Å². The monoisotopic (exact) mass is 532 g/mol. The van der Waals surface area contributed by atoms with E-state index in [4.69, 9.17) is 0 Å². The molecule has 148 valence electrons. The van der Waals surface area contributed by atoms with E-state index in [1.807, 2.05) is 39.0 Å². The van der Waals surface area contributed by atoms with Crippen LogP contribution in [-0.4, -0.2) is 11.3 Å². The molecule has 0 aliphatic carbocycles. The van der Waals surface area contributed by atoms with E-state index in [9.17, 15) is 14.2 Å². The Hall–Kier alpha value is -1.81. The summed E-state index contributed by atoms with van der Waals surface area (Å²) in [5, 5.41) is 0.334. The first kappa shape index (κ1) is 21.9. The van der Waals surface area contributed by atoms with Gasteiger partial charge >= 0.3 is 0 Å². The van der Waals surface area contributed by atoms with E-state index in [-0.39, 0.29) is 5.78 Å². The number of halogens is 2. The fourth-order valence-corrected chi connectivity index (χ4v) is 7.13. The summed E-state index contributed by atoms with van der Waals surface area (Å²) < 4.78 is 14.3. The zero-order chi connectivity index (χ0) is 21.3. The molecule has 6 heteroatoms. The van der Waals surface area contributed by atoms with Crippen molar-refractivity contribution in [3.63, 3.8) is 0 Å². The van der Waals surface area contributed by atoms with Gasteiger partial charge < -0.3 is 4.57 Å². The van der Waals surface area contributed by atoms with Crippen LogP contribution in [-0.2, 0) is 4.57 Å². The molecule has 3 rings (SSSR count). The normalized spacial score (nSPS) is 11.9. The van der Waals surface area contributed by atoms with Crippen LogP contribution in [0.4, 0.5) is 0 Å². The predicted molar refractivity (Wildman–Crippen MR) is 125 cm³/mol. The van der Waals surface area contributed by atoms with Crippen molar-refractivity contribution >= 4 is 56.3 Å². The maximum Gasteiger partial charge on any atom is 0.223 e. The Balaban J connectivity index is 2.08. The van der Waals surface area contributed by atoms with Gasteiger partial charge in [0.2, 0.25) is 5.52 Å². The van der Waals surface area contributed by atoms with Crippen LogP contribution >= 0.6 is 39.7 Å². The van der Waals surface area contributed by atoms with Crippen LogP contribution in [0.1, 0.15) is 43.0 Å². The third kappa shape index (κ3) is 4.37. The molecule has 0 aliphatic rings. The van der Waals surface area contributed by atoms with Crippen LogP contribution < -0.4 is 5.30 Å². The molecule has 0 saturated carbocycles. The fourth-order valence-electron chi connectivity index (χ4n) is 3.45. The molecule has 0 radical (unpaired) electrons. The molecule has 3 nitrogen and oxygen atoms in total. The molecule has 0 amide bonds. The predicted octanol–water partition coefficient (Wildman–Crippen LogP) is 6.39. The van der Waals surface area contributed by atoms with Gasteiger partial charge in [0.1, 0.15) is 0 Å². The Bertz CT molecular complexity index is 1130. The molecule has 29 heavy (non-hydrogen) atoms. The smallest absolute Gasteiger partial charge is 0.223 e. The number of benzene rings is 3. The number of hydrogen-bond donors (Lipinski definition) is 0. The second-order valence-electron chi connectivity index (χ2n) is 6.91. The number of hydrogen-bond acceptors (Lipinski definition) is 3. The summed E-state index contributed by atoms with van der Waals surface area (Å²) in [5.74, 6) is -0.198. The molecule has 3 aromatic carbocycles. The molecular formula is C23H19Br2O3P. The zero-order valence-electron chi connectivity index (χ0n) is 16.2. The number of carbonyl (C=O) groups is 2. The van der Waals surface area contributed by atoms with Crippen molar-refractivity contribution in [3.05, 3.63) is 96.9 Å². The molecular weight excluding hydrogens is 515 g/mol. The minimum absolute atomic E-state index is 0.198. The molecule has 0 aliphatic heterocycles. The highest BCUT2D eigenvalue weighted by atomic mass is 79.9. The van der Waals surface area contributed by atoms with E-state index < -0.39 is 13.3 Å². The van der Waals surface area contributed by atoms with Crippen LogP contribution in [0.3, 0.4) is 0 Å². The van der Waals surface area contributed by atoms with Crippen LogP contribution in [0.2, 0.25) is 0 Å². The molecule has 0 fully saturated rings. The largest absolute Gasteiger partial charge is 0.313 e. The van der Waals surface area contributed by atoms with Gasteiger partial charge in [0.25, 0.3) is 0 Å². The van der Waals surface area contributed by atoms with E-state index in [2.05, 4.69) is 31.9 Å². The molecule has 0 saturated heterocycles. The maximum atomic E-state index is 13.4. The van der Waals surface area contributed by atoms with Gasteiger partial charge in [0.05, 0.1) is 0 Å². The lowest BCUT2D eigenvalue weighted by atomic mass is 10.0. The van der Waals surface area contributed by atoms with Gasteiger partial charge in [-0.3, -0.25) is 9.59 Å². The maximum absolute atomic E-state index is 13.4. The number of rotatable bonds is 5. The first-order valence-corrected chi connectivity index (χ1v) is 12.0. The Labute approximate surface area is 187 Å². The Morgan fingerprint density at radius 3 is 2.03 bits per heavy atom. The van der Waals surface area contributed by atoms with Crippen molar-refractivity contribution in [3.8, 4) is 0 Å². The van der Waals surface area contributed by atoms with Crippen molar-refractivity contribution in [1.29, 1.82) is 0 Å². The molecule has 0 aromatic heterocycles. The van der Waals surface area contributed by atoms with E-state index >= 15 is 0 Å². The molecule has 0 N–H and O–H groups in total. The van der Waals surface area contributed by atoms with Crippen LogP contribution in [0.25, 0.3) is 0 Å². The molecule has 1 unspecified atom stereocenters. The first-order chi connectivity index (χ1) is 13.7. The fraction of sp³-hybridized carbons (Fsp3) is 0.130.